The van der Waals surface area contributed by atoms with Crippen LogP contribution in [0.3, 0.4) is 0 Å². The van der Waals surface area contributed by atoms with Gasteiger partial charge in [0.2, 0.25) is 5.76 Å². The number of likely N-dealkylation sites (tertiary alicyclic amines) is 1. The molecule has 19 heavy (non-hydrogen) atoms. The predicted octanol–water partition coefficient (Wildman–Crippen LogP) is 0.248. The molecule has 0 saturated carbocycles. The highest BCUT2D eigenvalue weighted by Gasteiger charge is 2.61. The number of carbonyl (C=O) groups is 2. The zero-order valence-electron chi connectivity index (χ0n) is 10.9. The van der Waals surface area contributed by atoms with E-state index in [1.807, 2.05) is 11.8 Å². The molecule has 0 aromatic carbocycles. The minimum atomic E-state index is -1.18. The Balaban J connectivity index is 2.14. The molecule has 0 aliphatic carbocycles. The van der Waals surface area contributed by atoms with E-state index in [0.717, 1.165) is 11.3 Å². The number of hydrogen-bond acceptors (Lipinski definition) is 7. The zero-order chi connectivity index (χ0) is 13.8. The van der Waals surface area contributed by atoms with Crippen LogP contribution in [-0.2, 0) is 24.8 Å². The number of aryl methyl sites for hydroxylation is 1. The largest absolute Gasteiger partial charge is 0.448 e. The Bertz CT molecular complexity index is 566. The summed E-state index contributed by atoms with van der Waals surface area (Å²) in [6, 6.07) is 0. The number of fused-ring (bicyclic) bond motifs is 1. The number of likely N-dealkylation sites (N-methyl/N-ethyl adjacent to an activating group) is 1. The Kier molecular flexibility index (Phi) is 2.43. The molecule has 2 atom stereocenters. The van der Waals surface area contributed by atoms with E-state index >= 15 is 0 Å². The summed E-state index contributed by atoms with van der Waals surface area (Å²) in [5.41, 5.74) is 0.331. The van der Waals surface area contributed by atoms with Crippen molar-refractivity contribution in [3.8, 4) is 0 Å². The summed E-state index contributed by atoms with van der Waals surface area (Å²) >= 11 is 0. The predicted molar refractivity (Wildman–Crippen MR) is 60.9 cm³/mol. The molecule has 0 bridgehead atoms. The van der Waals surface area contributed by atoms with E-state index in [-0.39, 0.29) is 0 Å². The highest BCUT2D eigenvalue weighted by atomic mass is 16.7. The Morgan fingerprint density at radius 2 is 2.05 bits per heavy atom. The average molecular weight is 266 g/mol. The van der Waals surface area contributed by atoms with Crippen molar-refractivity contribution in [1.29, 1.82) is 0 Å². The van der Waals surface area contributed by atoms with Gasteiger partial charge in [-0.05, 0) is 20.9 Å². The van der Waals surface area contributed by atoms with Crippen LogP contribution < -0.4 is 0 Å². The molecule has 1 aromatic rings. The Hall–Kier alpha value is -1.89. The number of esters is 2. The van der Waals surface area contributed by atoms with Gasteiger partial charge in [0.1, 0.15) is 0 Å². The van der Waals surface area contributed by atoms with Gasteiger partial charge in [0.15, 0.2) is 6.10 Å². The molecule has 2 unspecified atom stereocenters. The molecule has 0 N–H and O–H groups in total. The van der Waals surface area contributed by atoms with Crippen molar-refractivity contribution in [2.75, 3.05) is 13.6 Å². The zero-order valence-corrected chi connectivity index (χ0v) is 10.9. The maximum atomic E-state index is 11.6. The van der Waals surface area contributed by atoms with Crippen LogP contribution in [0.2, 0.25) is 0 Å². The van der Waals surface area contributed by atoms with Crippen LogP contribution in [0.25, 0.3) is 0 Å². The lowest BCUT2D eigenvalue weighted by Gasteiger charge is -2.39. The van der Waals surface area contributed by atoms with Gasteiger partial charge in [-0.25, -0.2) is 9.59 Å². The van der Waals surface area contributed by atoms with Crippen molar-refractivity contribution in [2.24, 2.45) is 0 Å². The fourth-order valence-corrected chi connectivity index (χ4v) is 2.68. The van der Waals surface area contributed by atoms with Crippen LogP contribution in [0, 0.1) is 13.8 Å². The molecule has 1 aromatic heterocycles. The van der Waals surface area contributed by atoms with Gasteiger partial charge in [-0.2, -0.15) is 0 Å². The number of nitrogens with zero attached hydrogens (tertiary/aromatic N) is 2. The maximum Gasteiger partial charge on any atom is 0.419 e. The third kappa shape index (κ3) is 1.45. The molecule has 2 fully saturated rings. The Morgan fingerprint density at radius 3 is 2.68 bits per heavy atom. The lowest BCUT2D eigenvalue weighted by Crippen LogP contribution is -2.56. The van der Waals surface area contributed by atoms with Gasteiger partial charge in [0.05, 0.1) is 5.69 Å². The van der Waals surface area contributed by atoms with E-state index in [1.165, 1.54) is 0 Å². The second kappa shape index (κ2) is 3.80. The second-order valence-corrected chi connectivity index (χ2v) is 4.91. The number of ether oxygens (including phenoxy) is 2. The van der Waals surface area contributed by atoms with Crippen molar-refractivity contribution in [1.82, 2.24) is 10.1 Å². The molecular formula is C12H14N2O5. The van der Waals surface area contributed by atoms with Crippen molar-refractivity contribution in [2.45, 2.75) is 32.1 Å². The minimum absolute atomic E-state index is 0.427. The normalized spacial score (nSPS) is 31.0. The quantitative estimate of drug-likeness (QED) is 0.532. The molecule has 2 aliphatic rings. The molecule has 7 nitrogen and oxygen atoms in total. The van der Waals surface area contributed by atoms with Crippen molar-refractivity contribution in [3.63, 3.8) is 0 Å². The Labute approximate surface area is 109 Å². The van der Waals surface area contributed by atoms with E-state index in [9.17, 15) is 9.59 Å². The van der Waals surface area contributed by atoms with Crippen LogP contribution in [0.15, 0.2) is 4.52 Å². The van der Waals surface area contributed by atoms with E-state index in [1.54, 1.807) is 14.0 Å². The molecule has 2 saturated heterocycles. The standard InChI is InChI=1S/C12H14N2O5/c1-6-7(2)13-19-9(6)12-8(4-5-14(12)3)17-10(15)11(16)18-12/h8H,4-5H2,1-3H3. The van der Waals surface area contributed by atoms with E-state index in [4.69, 9.17) is 14.0 Å². The van der Waals surface area contributed by atoms with Gasteiger partial charge in [-0.3, -0.25) is 4.90 Å². The van der Waals surface area contributed by atoms with Crippen LogP contribution in [0.4, 0.5) is 0 Å². The highest BCUT2D eigenvalue weighted by molar-refractivity contribution is 6.30. The van der Waals surface area contributed by atoms with Gasteiger partial charge < -0.3 is 14.0 Å². The highest BCUT2D eigenvalue weighted by Crippen LogP contribution is 2.44. The minimum Gasteiger partial charge on any atom is -0.448 e. The topological polar surface area (TPSA) is 81.9 Å². The van der Waals surface area contributed by atoms with E-state index in [0.29, 0.717) is 18.7 Å². The number of hydrogen-bond donors (Lipinski definition) is 0. The third-order valence-corrected chi connectivity index (χ3v) is 3.88. The van der Waals surface area contributed by atoms with Gasteiger partial charge in [-0.1, -0.05) is 5.16 Å². The van der Waals surface area contributed by atoms with Crippen molar-refractivity contribution in [3.05, 3.63) is 17.0 Å². The summed E-state index contributed by atoms with van der Waals surface area (Å²) in [5, 5.41) is 3.89. The van der Waals surface area contributed by atoms with Crippen LogP contribution in [0.1, 0.15) is 23.4 Å². The van der Waals surface area contributed by atoms with Gasteiger partial charge in [0, 0.05) is 18.5 Å². The molecule has 3 heterocycles. The molecule has 102 valence electrons. The average Bonchev–Trinajstić information content (AvgIpc) is 2.85. The fraction of sp³-hybridized carbons (Fsp3) is 0.583. The summed E-state index contributed by atoms with van der Waals surface area (Å²) in [4.78, 5) is 24.8. The fourth-order valence-electron chi connectivity index (χ4n) is 2.68. The summed E-state index contributed by atoms with van der Waals surface area (Å²) in [6.45, 7) is 4.27. The first-order chi connectivity index (χ1) is 8.96. The van der Waals surface area contributed by atoms with Crippen LogP contribution in [-0.4, -0.2) is 41.7 Å². The summed E-state index contributed by atoms with van der Waals surface area (Å²) in [5.74, 6) is -1.53. The smallest absolute Gasteiger partial charge is 0.419 e. The first-order valence-electron chi connectivity index (χ1n) is 6.05. The van der Waals surface area contributed by atoms with Gasteiger partial charge in [-0.15, -0.1) is 0 Å². The molecule has 3 rings (SSSR count). The number of carbonyl (C=O) groups excluding carboxylic acids is 2. The van der Waals surface area contributed by atoms with E-state index < -0.39 is 23.8 Å². The molecular weight excluding hydrogens is 252 g/mol. The SMILES string of the molecule is Cc1noc(C23OC(=O)C(=O)OC2CCN3C)c1C. The van der Waals surface area contributed by atoms with Crippen LogP contribution >= 0.6 is 0 Å². The first-order valence-corrected chi connectivity index (χ1v) is 6.05. The molecule has 2 aliphatic heterocycles. The lowest BCUT2D eigenvalue weighted by atomic mass is 9.99. The number of rotatable bonds is 1. The van der Waals surface area contributed by atoms with Gasteiger partial charge >= 0.3 is 11.9 Å². The van der Waals surface area contributed by atoms with Crippen molar-refractivity contribution < 1.29 is 23.6 Å². The van der Waals surface area contributed by atoms with Gasteiger partial charge in [0.25, 0.3) is 5.72 Å². The Morgan fingerprint density at radius 1 is 1.32 bits per heavy atom. The lowest BCUT2D eigenvalue weighted by molar-refractivity contribution is -0.238. The van der Waals surface area contributed by atoms with E-state index in [2.05, 4.69) is 5.16 Å². The maximum absolute atomic E-state index is 11.6. The summed E-state index contributed by atoms with van der Waals surface area (Å²) < 4.78 is 15.9. The van der Waals surface area contributed by atoms with Crippen LogP contribution in [0.5, 0.6) is 0 Å². The molecule has 7 heteroatoms. The second-order valence-electron chi connectivity index (χ2n) is 4.91. The molecule has 0 amide bonds. The van der Waals surface area contributed by atoms with Crippen molar-refractivity contribution >= 4 is 11.9 Å². The third-order valence-electron chi connectivity index (χ3n) is 3.88. The number of aromatic nitrogens is 1. The molecule has 0 spiro atoms. The first kappa shape index (κ1) is 12.2. The summed E-state index contributed by atoms with van der Waals surface area (Å²) in [7, 11) is 1.80. The monoisotopic (exact) mass is 266 g/mol. The summed E-state index contributed by atoms with van der Waals surface area (Å²) in [6.07, 6.45) is 0.0167. The molecule has 0 radical (unpaired) electrons.